The molecule has 0 fully saturated rings. The van der Waals surface area contributed by atoms with E-state index in [0.29, 0.717) is 12.8 Å². The zero-order chi connectivity index (χ0) is 14.1. The number of hydrogen-bond donors (Lipinski definition) is 0. The molecule has 0 aliphatic heterocycles. The topological polar surface area (TPSA) is 43.9 Å². The summed E-state index contributed by atoms with van der Waals surface area (Å²) in [5, 5.41) is 0. The molecule has 1 amide bonds. The van der Waals surface area contributed by atoms with Crippen molar-refractivity contribution in [3.8, 4) is 0 Å². The summed E-state index contributed by atoms with van der Waals surface area (Å²) >= 11 is 0. The van der Waals surface area contributed by atoms with Gasteiger partial charge in [0.2, 0.25) is 5.91 Å². The summed E-state index contributed by atoms with van der Waals surface area (Å²) in [6.45, 7) is 4.66. The molecule has 0 bridgehead atoms. The Balaban J connectivity index is 4.24. The normalized spacial score (nSPS) is 11.1. The molecule has 5 nitrogen and oxygen atoms in total. The first kappa shape index (κ1) is 17.1. The van der Waals surface area contributed by atoms with Crippen LogP contribution in [0.3, 0.4) is 0 Å². The Kier molecular flexibility index (Phi) is 8.58. The number of rotatable bonds is 9. The molecule has 18 heavy (non-hydrogen) atoms. The third-order valence-electron chi connectivity index (χ3n) is 2.68. The van der Waals surface area contributed by atoms with Gasteiger partial charge in [-0.2, -0.15) is 0 Å². The lowest BCUT2D eigenvalue weighted by molar-refractivity contribution is -0.133. The second kappa shape index (κ2) is 9.05. The van der Waals surface area contributed by atoms with Gasteiger partial charge in [0.25, 0.3) is 0 Å². The van der Waals surface area contributed by atoms with Crippen LogP contribution < -0.4 is 0 Å². The first-order valence-corrected chi connectivity index (χ1v) is 6.39. The molecule has 0 aromatic rings. The van der Waals surface area contributed by atoms with Gasteiger partial charge in [-0.3, -0.25) is 4.79 Å². The predicted octanol–water partition coefficient (Wildman–Crippen LogP) is 0.307. The van der Waals surface area contributed by atoms with Crippen molar-refractivity contribution in [1.29, 1.82) is 0 Å². The van der Waals surface area contributed by atoms with Gasteiger partial charge in [0.1, 0.15) is 5.78 Å². The number of hydrogen-bond acceptors (Lipinski definition) is 4. The van der Waals surface area contributed by atoms with E-state index in [-0.39, 0.29) is 11.7 Å². The van der Waals surface area contributed by atoms with Gasteiger partial charge in [-0.15, -0.1) is 0 Å². The maximum absolute atomic E-state index is 12.0. The van der Waals surface area contributed by atoms with Crippen LogP contribution in [0.15, 0.2) is 0 Å². The number of carbonyl (C=O) groups is 2. The summed E-state index contributed by atoms with van der Waals surface area (Å²) in [6, 6.07) is 0. The Morgan fingerprint density at radius 2 is 1.22 bits per heavy atom. The van der Waals surface area contributed by atoms with Crippen LogP contribution in [0.2, 0.25) is 0 Å². The van der Waals surface area contributed by atoms with Gasteiger partial charge in [-0.05, 0) is 35.1 Å². The van der Waals surface area contributed by atoms with Gasteiger partial charge in [-0.1, -0.05) is 0 Å². The number of carbonyl (C=O) groups excluding carboxylic acids is 2. The van der Waals surface area contributed by atoms with E-state index in [1.807, 2.05) is 33.1 Å². The fourth-order valence-electron chi connectivity index (χ4n) is 1.44. The Bertz CT molecular complexity index is 253. The van der Waals surface area contributed by atoms with Gasteiger partial charge in [0.15, 0.2) is 0 Å². The van der Waals surface area contributed by atoms with E-state index in [2.05, 4.69) is 9.80 Å². The summed E-state index contributed by atoms with van der Waals surface area (Å²) < 4.78 is 0. The van der Waals surface area contributed by atoms with E-state index >= 15 is 0 Å². The average molecular weight is 257 g/mol. The molecule has 0 unspecified atom stereocenters. The molecule has 0 atom stereocenters. The minimum absolute atomic E-state index is 0.0727. The highest BCUT2D eigenvalue weighted by Crippen LogP contribution is 2.00. The van der Waals surface area contributed by atoms with Crippen molar-refractivity contribution in [2.45, 2.75) is 19.8 Å². The van der Waals surface area contributed by atoms with Crippen molar-refractivity contribution in [2.24, 2.45) is 0 Å². The van der Waals surface area contributed by atoms with Gasteiger partial charge >= 0.3 is 0 Å². The highest BCUT2D eigenvalue weighted by molar-refractivity contribution is 5.83. The van der Waals surface area contributed by atoms with E-state index in [0.717, 1.165) is 26.2 Å². The quantitative estimate of drug-likeness (QED) is 0.596. The number of amides is 1. The zero-order valence-corrected chi connectivity index (χ0v) is 12.4. The monoisotopic (exact) mass is 257 g/mol. The molecule has 0 radical (unpaired) electrons. The molecular weight excluding hydrogens is 230 g/mol. The SMILES string of the molecule is CC(=O)CCC(=O)N(CCN(C)C)CCN(C)C. The molecule has 5 heteroatoms. The molecule has 0 rings (SSSR count). The van der Waals surface area contributed by atoms with Crippen LogP contribution >= 0.6 is 0 Å². The molecule has 0 aromatic heterocycles. The number of nitrogens with zero attached hydrogens (tertiary/aromatic N) is 3. The van der Waals surface area contributed by atoms with Crippen LogP contribution in [-0.4, -0.2) is 80.8 Å². The molecule has 0 spiro atoms. The highest BCUT2D eigenvalue weighted by atomic mass is 16.2. The van der Waals surface area contributed by atoms with Crippen LogP contribution in [0.1, 0.15) is 19.8 Å². The lowest BCUT2D eigenvalue weighted by Crippen LogP contribution is -2.40. The van der Waals surface area contributed by atoms with Crippen molar-refractivity contribution in [3.05, 3.63) is 0 Å². The molecule has 0 aliphatic carbocycles. The summed E-state index contributed by atoms with van der Waals surface area (Å²) in [5.74, 6) is 0.150. The zero-order valence-electron chi connectivity index (χ0n) is 12.4. The van der Waals surface area contributed by atoms with E-state index in [4.69, 9.17) is 0 Å². The van der Waals surface area contributed by atoms with Gasteiger partial charge in [0.05, 0.1) is 0 Å². The largest absolute Gasteiger partial charge is 0.340 e. The summed E-state index contributed by atoms with van der Waals surface area (Å²) in [7, 11) is 7.96. The standard InChI is InChI=1S/C13H27N3O2/c1-12(17)6-7-13(18)16(10-8-14(2)3)11-9-15(4)5/h6-11H2,1-5H3. The number of ketones is 1. The Labute approximate surface area is 111 Å². The highest BCUT2D eigenvalue weighted by Gasteiger charge is 2.14. The van der Waals surface area contributed by atoms with Crippen LogP contribution in [-0.2, 0) is 9.59 Å². The minimum atomic E-state index is 0.0727. The summed E-state index contributed by atoms with van der Waals surface area (Å²) in [5.41, 5.74) is 0. The summed E-state index contributed by atoms with van der Waals surface area (Å²) in [6.07, 6.45) is 0.676. The van der Waals surface area contributed by atoms with Crippen molar-refractivity contribution in [1.82, 2.24) is 14.7 Å². The molecule has 0 aliphatic rings. The first-order chi connectivity index (χ1) is 8.32. The lowest BCUT2D eigenvalue weighted by atomic mass is 10.2. The second-order valence-corrected chi connectivity index (χ2v) is 5.19. The van der Waals surface area contributed by atoms with Gasteiger partial charge in [-0.25, -0.2) is 0 Å². The lowest BCUT2D eigenvalue weighted by Gasteiger charge is -2.25. The predicted molar refractivity (Wildman–Crippen MR) is 73.6 cm³/mol. The Morgan fingerprint density at radius 1 is 0.778 bits per heavy atom. The maximum atomic E-state index is 12.0. The van der Waals surface area contributed by atoms with Crippen LogP contribution in [0.4, 0.5) is 0 Å². The fourth-order valence-corrected chi connectivity index (χ4v) is 1.44. The molecular formula is C13H27N3O2. The second-order valence-electron chi connectivity index (χ2n) is 5.19. The minimum Gasteiger partial charge on any atom is -0.340 e. The van der Waals surface area contributed by atoms with E-state index in [9.17, 15) is 9.59 Å². The van der Waals surface area contributed by atoms with Crippen molar-refractivity contribution in [2.75, 3.05) is 54.4 Å². The molecule has 0 heterocycles. The van der Waals surface area contributed by atoms with Crippen LogP contribution in [0.25, 0.3) is 0 Å². The van der Waals surface area contributed by atoms with Crippen molar-refractivity contribution >= 4 is 11.7 Å². The van der Waals surface area contributed by atoms with Gasteiger partial charge in [0, 0.05) is 39.0 Å². The molecule has 0 N–H and O–H groups in total. The molecule has 0 saturated carbocycles. The third kappa shape index (κ3) is 9.13. The Hall–Kier alpha value is -0.940. The summed E-state index contributed by atoms with van der Waals surface area (Å²) in [4.78, 5) is 28.9. The van der Waals surface area contributed by atoms with Crippen LogP contribution in [0.5, 0.6) is 0 Å². The van der Waals surface area contributed by atoms with E-state index in [1.165, 1.54) is 6.92 Å². The van der Waals surface area contributed by atoms with Crippen molar-refractivity contribution in [3.63, 3.8) is 0 Å². The smallest absolute Gasteiger partial charge is 0.223 e. The molecule has 106 valence electrons. The van der Waals surface area contributed by atoms with Crippen LogP contribution in [0, 0.1) is 0 Å². The number of likely N-dealkylation sites (N-methyl/N-ethyl adjacent to an activating group) is 2. The molecule has 0 saturated heterocycles. The van der Waals surface area contributed by atoms with E-state index in [1.54, 1.807) is 0 Å². The number of Topliss-reactive ketones (excluding diaryl/α,β-unsaturated/α-hetero) is 1. The maximum Gasteiger partial charge on any atom is 0.223 e. The first-order valence-electron chi connectivity index (χ1n) is 6.39. The van der Waals surface area contributed by atoms with Crippen molar-refractivity contribution < 1.29 is 9.59 Å². The Morgan fingerprint density at radius 3 is 1.56 bits per heavy atom. The molecule has 0 aromatic carbocycles. The average Bonchev–Trinajstić information content (AvgIpc) is 2.25. The third-order valence-corrected chi connectivity index (χ3v) is 2.68. The van der Waals surface area contributed by atoms with E-state index < -0.39 is 0 Å². The fraction of sp³-hybridized carbons (Fsp3) is 0.846. The van der Waals surface area contributed by atoms with Gasteiger partial charge < -0.3 is 19.5 Å².